The summed E-state index contributed by atoms with van der Waals surface area (Å²) in [6.07, 6.45) is 1.16. The van der Waals surface area contributed by atoms with Crippen LogP contribution in [0, 0.1) is 0 Å². The topological polar surface area (TPSA) is 56.7 Å². The fourth-order valence-corrected chi connectivity index (χ4v) is 1.92. The van der Waals surface area contributed by atoms with Crippen LogP contribution in [0.25, 0.3) is 0 Å². The van der Waals surface area contributed by atoms with Gasteiger partial charge in [-0.1, -0.05) is 11.8 Å². The van der Waals surface area contributed by atoms with E-state index in [2.05, 4.69) is 15.6 Å². The molecule has 2 N–H and O–H groups in total. The summed E-state index contributed by atoms with van der Waals surface area (Å²) in [4.78, 5) is 17.0. The molecule has 0 unspecified atom stereocenters. The van der Waals surface area contributed by atoms with Crippen LogP contribution in [0.1, 0.15) is 6.42 Å². The first-order chi connectivity index (χ1) is 7.20. The first-order valence-electron chi connectivity index (χ1n) is 5.06. The molecule has 15 heavy (non-hydrogen) atoms. The molecular weight excluding hydrogens is 212 g/mol. The number of urea groups is 1. The van der Waals surface area contributed by atoms with Gasteiger partial charge in [-0.2, -0.15) is 0 Å². The number of amidine groups is 1. The third kappa shape index (κ3) is 4.92. The Balaban J connectivity index is 2.06. The summed E-state index contributed by atoms with van der Waals surface area (Å²) < 4.78 is 0. The fraction of sp³-hybridized carbons (Fsp3) is 0.778. The Morgan fingerprint density at radius 2 is 2.33 bits per heavy atom. The Morgan fingerprint density at radius 1 is 1.53 bits per heavy atom. The maximum absolute atomic E-state index is 11.1. The Hall–Kier alpha value is -0.910. The van der Waals surface area contributed by atoms with Crippen LogP contribution in [0.3, 0.4) is 0 Å². The third-order valence-corrected chi connectivity index (χ3v) is 2.92. The Morgan fingerprint density at radius 3 is 2.93 bits per heavy atom. The first kappa shape index (κ1) is 12.2. The summed E-state index contributed by atoms with van der Waals surface area (Å²) in [6, 6.07) is -0.0602. The van der Waals surface area contributed by atoms with E-state index < -0.39 is 0 Å². The number of carbonyl (C=O) groups excluding carboxylic acids is 1. The van der Waals surface area contributed by atoms with Gasteiger partial charge in [0.25, 0.3) is 0 Å². The predicted octanol–water partition coefficient (Wildman–Crippen LogP) is 0.340. The van der Waals surface area contributed by atoms with E-state index in [1.54, 1.807) is 25.9 Å². The van der Waals surface area contributed by atoms with Crippen molar-refractivity contribution in [3.8, 4) is 0 Å². The van der Waals surface area contributed by atoms with Crippen LogP contribution in [0.15, 0.2) is 4.99 Å². The zero-order valence-corrected chi connectivity index (χ0v) is 10.1. The van der Waals surface area contributed by atoms with Gasteiger partial charge in [0.2, 0.25) is 0 Å². The summed E-state index contributed by atoms with van der Waals surface area (Å²) in [6.45, 7) is 2.27. The van der Waals surface area contributed by atoms with E-state index in [4.69, 9.17) is 0 Å². The standard InChI is InChI=1S/C9H18N4OS/c1-13(2)9(14)12-6-5-11-8-10-4-3-7-15-8/h3-7H2,1-2H3,(H,10,11)(H,12,14). The molecular formula is C9H18N4OS. The van der Waals surface area contributed by atoms with Gasteiger partial charge in [0.1, 0.15) is 0 Å². The van der Waals surface area contributed by atoms with E-state index in [0.29, 0.717) is 6.54 Å². The van der Waals surface area contributed by atoms with Gasteiger partial charge in [-0.3, -0.25) is 4.99 Å². The molecule has 0 saturated carbocycles. The zero-order valence-electron chi connectivity index (χ0n) is 9.25. The normalized spacial score (nSPS) is 15.5. The molecule has 2 amide bonds. The lowest BCUT2D eigenvalue weighted by Gasteiger charge is -2.15. The van der Waals surface area contributed by atoms with Gasteiger partial charge in [0.15, 0.2) is 5.17 Å². The number of aliphatic imine (C=N–C) groups is 1. The minimum absolute atomic E-state index is 0.0602. The molecule has 0 saturated heterocycles. The number of nitrogens with zero attached hydrogens (tertiary/aromatic N) is 2. The highest BCUT2D eigenvalue weighted by Gasteiger charge is 2.05. The zero-order chi connectivity index (χ0) is 11.1. The summed E-state index contributed by atoms with van der Waals surface area (Å²) >= 11 is 1.74. The van der Waals surface area contributed by atoms with Crippen LogP contribution in [-0.4, -0.2) is 55.6 Å². The van der Waals surface area contributed by atoms with Crippen molar-refractivity contribution in [2.24, 2.45) is 4.99 Å². The number of nitrogens with one attached hydrogen (secondary N) is 2. The number of hydrogen-bond acceptors (Lipinski definition) is 4. The van der Waals surface area contributed by atoms with Gasteiger partial charge in [-0.15, -0.1) is 0 Å². The maximum atomic E-state index is 11.1. The highest BCUT2D eigenvalue weighted by molar-refractivity contribution is 8.13. The molecule has 0 aromatic carbocycles. The van der Waals surface area contributed by atoms with Crippen molar-refractivity contribution in [2.45, 2.75) is 6.42 Å². The Kier molecular flexibility index (Phi) is 5.31. The second-order valence-corrected chi connectivity index (χ2v) is 4.53. The third-order valence-electron chi connectivity index (χ3n) is 1.88. The van der Waals surface area contributed by atoms with Crippen LogP contribution in [-0.2, 0) is 0 Å². The molecule has 0 atom stereocenters. The lowest BCUT2D eigenvalue weighted by Crippen LogP contribution is -2.39. The van der Waals surface area contributed by atoms with E-state index in [9.17, 15) is 4.79 Å². The Bertz CT molecular complexity index is 242. The molecule has 0 radical (unpaired) electrons. The summed E-state index contributed by atoms with van der Waals surface area (Å²) in [7, 11) is 3.45. The van der Waals surface area contributed by atoms with E-state index >= 15 is 0 Å². The van der Waals surface area contributed by atoms with Crippen molar-refractivity contribution < 1.29 is 4.79 Å². The molecule has 5 nitrogen and oxygen atoms in total. The van der Waals surface area contributed by atoms with E-state index in [-0.39, 0.29) is 6.03 Å². The van der Waals surface area contributed by atoms with Gasteiger partial charge in [0.05, 0.1) is 0 Å². The van der Waals surface area contributed by atoms with E-state index in [1.165, 1.54) is 4.90 Å². The van der Waals surface area contributed by atoms with Gasteiger partial charge >= 0.3 is 6.03 Å². The molecule has 0 bridgehead atoms. The molecule has 0 aromatic heterocycles. The lowest BCUT2D eigenvalue weighted by molar-refractivity contribution is 0.217. The lowest BCUT2D eigenvalue weighted by atomic mass is 10.5. The smallest absolute Gasteiger partial charge is 0.316 e. The fourth-order valence-electron chi connectivity index (χ4n) is 1.06. The molecule has 86 valence electrons. The van der Waals surface area contributed by atoms with Crippen molar-refractivity contribution in [2.75, 3.05) is 39.5 Å². The first-order valence-corrected chi connectivity index (χ1v) is 6.05. The van der Waals surface area contributed by atoms with E-state index in [1.807, 2.05) is 0 Å². The molecule has 0 aliphatic carbocycles. The minimum Gasteiger partial charge on any atom is -0.363 e. The van der Waals surface area contributed by atoms with Gasteiger partial charge in [-0.05, 0) is 6.42 Å². The summed E-state index contributed by atoms with van der Waals surface area (Å²) in [5.41, 5.74) is 0. The number of rotatable bonds is 3. The average molecular weight is 230 g/mol. The number of amides is 2. The molecule has 0 fully saturated rings. The van der Waals surface area contributed by atoms with Gasteiger partial charge in [-0.25, -0.2) is 4.79 Å². The van der Waals surface area contributed by atoms with Crippen molar-refractivity contribution in [1.82, 2.24) is 15.5 Å². The largest absolute Gasteiger partial charge is 0.363 e. The highest BCUT2D eigenvalue weighted by Crippen LogP contribution is 2.09. The monoisotopic (exact) mass is 230 g/mol. The molecule has 1 heterocycles. The van der Waals surface area contributed by atoms with Crippen LogP contribution in [0.4, 0.5) is 4.79 Å². The number of thioether (sulfide) groups is 1. The van der Waals surface area contributed by atoms with Crippen molar-refractivity contribution in [3.05, 3.63) is 0 Å². The van der Waals surface area contributed by atoms with Crippen LogP contribution in [0.5, 0.6) is 0 Å². The van der Waals surface area contributed by atoms with Crippen molar-refractivity contribution in [1.29, 1.82) is 0 Å². The van der Waals surface area contributed by atoms with Crippen LogP contribution >= 0.6 is 11.8 Å². The van der Waals surface area contributed by atoms with Crippen LogP contribution in [0.2, 0.25) is 0 Å². The molecule has 1 aliphatic rings. The van der Waals surface area contributed by atoms with Gasteiger partial charge in [0, 0.05) is 39.5 Å². The predicted molar refractivity (Wildman–Crippen MR) is 64.5 cm³/mol. The van der Waals surface area contributed by atoms with Crippen molar-refractivity contribution in [3.63, 3.8) is 0 Å². The van der Waals surface area contributed by atoms with Crippen LogP contribution < -0.4 is 10.6 Å². The molecule has 0 aromatic rings. The molecule has 1 aliphatic heterocycles. The molecule has 6 heteroatoms. The average Bonchev–Trinajstić information content (AvgIpc) is 2.25. The molecule has 0 spiro atoms. The van der Waals surface area contributed by atoms with Gasteiger partial charge < -0.3 is 15.5 Å². The SMILES string of the molecule is CN(C)C(=O)NCCNC1=NCCCS1. The Labute approximate surface area is 94.7 Å². The summed E-state index contributed by atoms with van der Waals surface area (Å²) in [5.74, 6) is 1.13. The number of hydrogen-bond donors (Lipinski definition) is 2. The summed E-state index contributed by atoms with van der Waals surface area (Å²) in [5, 5.41) is 6.98. The molecule has 1 rings (SSSR count). The quantitative estimate of drug-likeness (QED) is 0.687. The minimum atomic E-state index is -0.0602. The second-order valence-electron chi connectivity index (χ2n) is 3.44. The maximum Gasteiger partial charge on any atom is 0.316 e. The van der Waals surface area contributed by atoms with E-state index in [0.717, 1.165) is 30.4 Å². The second kappa shape index (κ2) is 6.55. The highest BCUT2D eigenvalue weighted by atomic mass is 32.2. The number of carbonyl (C=O) groups is 1. The van der Waals surface area contributed by atoms with Crippen molar-refractivity contribution >= 4 is 23.0 Å².